The second-order valence-corrected chi connectivity index (χ2v) is 10.5. The Labute approximate surface area is 172 Å². The van der Waals surface area contributed by atoms with E-state index >= 15 is 0 Å². The van der Waals surface area contributed by atoms with Crippen molar-refractivity contribution in [3.05, 3.63) is 29.3 Å². The third kappa shape index (κ3) is 5.78. The van der Waals surface area contributed by atoms with Crippen molar-refractivity contribution in [1.29, 1.82) is 0 Å². The van der Waals surface area contributed by atoms with Crippen LogP contribution in [-0.2, 0) is 0 Å². The lowest BCUT2D eigenvalue weighted by atomic mass is 9.80. The molecule has 0 atom stereocenters. The molecule has 0 radical (unpaired) electrons. The maximum atomic E-state index is 9.77. The summed E-state index contributed by atoms with van der Waals surface area (Å²) in [4.78, 5) is 11.1. The SMILES string of the molecule is CC(C)(O)C#Cc1ccc(-c2ccnc(NC3CC(C)(C)NC(C)(C)C3)n2)s1. The number of hydrogen-bond donors (Lipinski definition) is 3. The third-order valence-electron chi connectivity index (χ3n) is 4.53. The van der Waals surface area contributed by atoms with Gasteiger partial charge in [0.15, 0.2) is 0 Å². The predicted octanol–water partition coefficient (Wildman–Crippen LogP) is 4.05. The van der Waals surface area contributed by atoms with Gasteiger partial charge in [0.25, 0.3) is 0 Å². The van der Waals surface area contributed by atoms with Crippen LogP contribution >= 0.6 is 11.3 Å². The number of rotatable bonds is 3. The molecule has 0 saturated carbocycles. The summed E-state index contributed by atoms with van der Waals surface area (Å²) in [6.45, 7) is 12.3. The summed E-state index contributed by atoms with van der Waals surface area (Å²) in [6.07, 6.45) is 3.82. The van der Waals surface area contributed by atoms with E-state index in [1.165, 1.54) is 0 Å². The van der Waals surface area contributed by atoms with E-state index in [1.807, 2.05) is 18.2 Å². The molecule has 2 aromatic heterocycles. The van der Waals surface area contributed by atoms with Crippen molar-refractivity contribution in [1.82, 2.24) is 15.3 Å². The summed E-state index contributed by atoms with van der Waals surface area (Å²) in [5, 5.41) is 17.0. The van der Waals surface area contributed by atoms with Gasteiger partial charge in [-0.15, -0.1) is 11.3 Å². The molecule has 0 unspecified atom stereocenters. The maximum absolute atomic E-state index is 9.77. The molecule has 0 amide bonds. The molecule has 1 fully saturated rings. The fraction of sp³-hybridized carbons (Fsp3) is 0.545. The Morgan fingerprint density at radius 2 is 1.86 bits per heavy atom. The Bertz CT molecular complexity index is 883. The topological polar surface area (TPSA) is 70.1 Å². The first-order chi connectivity index (χ1) is 12.9. The van der Waals surface area contributed by atoms with E-state index in [-0.39, 0.29) is 11.1 Å². The van der Waals surface area contributed by atoms with E-state index in [2.05, 4.69) is 55.2 Å². The van der Waals surface area contributed by atoms with Crippen LogP contribution in [0.1, 0.15) is 59.3 Å². The summed E-state index contributed by atoms with van der Waals surface area (Å²) in [6, 6.07) is 6.21. The van der Waals surface area contributed by atoms with Crippen LogP contribution in [0.2, 0.25) is 0 Å². The van der Waals surface area contributed by atoms with Crippen LogP contribution in [0.3, 0.4) is 0 Å². The van der Waals surface area contributed by atoms with Gasteiger partial charge in [0.1, 0.15) is 5.60 Å². The fourth-order valence-corrected chi connectivity index (χ4v) is 4.76. The normalized spacial score (nSPS) is 19.0. The first-order valence-corrected chi connectivity index (χ1v) is 10.5. The van der Waals surface area contributed by atoms with Crippen LogP contribution in [0, 0.1) is 11.8 Å². The van der Waals surface area contributed by atoms with Gasteiger partial charge in [0.2, 0.25) is 5.95 Å². The van der Waals surface area contributed by atoms with Gasteiger partial charge in [0.05, 0.1) is 15.4 Å². The van der Waals surface area contributed by atoms with Crippen molar-refractivity contribution in [2.75, 3.05) is 5.32 Å². The molecule has 3 rings (SSSR count). The monoisotopic (exact) mass is 398 g/mol. The second-order valence-electron chi connectivity index (χ2n) is 9.38. The van der Waals surface area contributed by atoms with Gasteiger partial charge in [-0.2, -0.15) is 0 Å². The molecular weight excluding hydrogens is 368 g/mol. The summed E-state index contributed by atoms with van der Waals surface area (Å²) < 4.78 is 0. The number of nitrogens with one attached hydrogen (secondary N) is 2. The van der Waals surface area contributed by atoms with Crippen LogP contribution < -0.4 is 10.6 Å². The average Bonchev–Trinajstić information content (AvgIpc) is 2.98. The van der Waals surface area contributed by atoms with Gasteiger partial charge in [-0.25, -0.2) is 9.97 Å². The van der Waals surface area contributed by atoms with Crippen molar-refractivity contribution in [3.8, 4) is 22.4 Å². The Balaban J connectivity index is 1.76. The maximum Gasteiger partial charge on any atom is 0.223 e. The number of aliphatic hydroxyl groups is 1. The number of nitrogens with zero attached hydrogens (tertiary/aromatic N) is 2. The quantitative estimate of drug-likeness (QED) is 0.681. The first kappa shape index (κ1) is 20.8. The highest BCUT2D eigenvalue weighted by molar-refractivity contribution is 7.16. The van der Waals surface area contributed by atoms with E-state index in [0.717, 1.165) is 28.3 Å². The molecule has 0 aliphatic carbocycles. The Morgan fingerprint density at radius 1 is 1.18 bits per heavy atom. The molecule has 1 aliphatic rings. The van der Waals surface area contributed by atoms with Gasteiger partial charge in [-0.05, 0) is 72.6 Å². The largest absolute Gasteiger partial charge is 0.378 e. The first-order valence-electron chi connectivity index (χ1n) is 9.66. The van der Waals surface area contributed by atoms with E-state index in [4.69, 9.17) is 4.98 Å². The number of piperidine rings is 1. The van der Waals surface area contributed by atoms with Crippen LogP contribution in [0.25, 0.3) is 10.6 Å². The lowest BCUT2D eigenvalue weighted by Gasteiger charge is -2.46. The highest BCUT2D eigenvalue weighted by atomic mass is 32.1. The Hall–Kier alpha value is -1.94. The molecule has 2 aromatic rings. The van der Waals surface area contributed by atoms with E-state index in [0.29, 0.717) is 12.0 Å². The zero-order chi connectivity index (χ0) is 20.6. The molecule has 5 nitrogen and oxygen atoms in total. The lowest BCUT2D eigenvalue weighted by Crippen LogP contribution is -2.60. The zero-order valence-corrected chi connectivity index (χ0v) is 18.4. The zero-order valence-electron chi connectivity index (χ0n) is 17.6. The summed E-state index contributed by atoms with van der Waals surface area (Å²) in [5.74, 6) is 6.54. The van der Waals surface area contributed by atoms with Crippen LogP contribution in [0.4, 0.5) is 5.95 Å². The molecule has 6 heteroatoms. The fourth-order valence-electron chi connectivity index (χ4n) is 3.93. The molecule has 3 N–H and O–H groups in total. The highest BCUT2D eigenvalue weighted by Crippen LogP contribution is 2.31. The van der Waals surface area contributed by atoms with Gasteiger partial charge in [-0.3, -0.25) is 0 Å². The molecule has 0 bridgehead atoms. The number of anilines is 1. The highest BCUT2D eigenvalue weighted by Gasteiger charge is 2.37. The molecular formula is C22H30N4OS. The van der Waals surface area contributed by atoms with Gasteiger partial charge in [0, 0.05) is 23.3 Å². The number of thiophene rings is 1. The summed E-state index contributed by atoms with van der Waals surface area (Å²) in [7, 11) is 0. The van der Waals surface area contributed by atoms with Crippen LogP contribution in [-0.4, -0.2) is 37.8 Å². The van der Waals surface area contributed by atoms with Crippen molar-refractivity contribution >= 4 is 17.3 Å². The van der Waals surface area contributed by atoms with Crippen LogP contribution in [0.15, 0.2) is 24.4 Å². The van der Waals surface area contributed by atoms with Crippen molar-refractivity contribution < 1.29 is 5.11 Å². The average molecular weight is 399 g/mol. The van der Waals surface area contributed by atoms with E-state index < -0.39 is 5.60 Å². The minimum Gasteiger partial charge on any atom is -0.378 e. The molecule has 1 aliphatic heterocycles. The molecule has 1 saturated heterocycles. The van der Waals surface area contributed by atoms with Crippen molar-refractivity contribution in [2.24, 2.45) is 0 Å². The molecule has 150 valence electrons. The second kappa shape index (κ2) is 7.47. The standard InChI is InChI=1S/C22H30N4OS/c1-20(2)13-15(14-21(3,4)26-20)24-19-23-12-10-17(25-19)18-8-7-16(28-18)9-11-22(5,6)27/h7-8,10,12,15,26-27H,13-14H2,1-6H3,(H,23,24,25). The minimum absolute atomic E-state index is 0.0683. The number of aromatic nitrogens is 2. The van der Waals surface area contributed by atoms with Gasteiger partial charge in [-0.1, -0.05) is 11.8 Å². The third-order valence-corrected chi connectivity index (χ3v) is 5.55. The molecule has 0 spiro atoms. The molecule has 3 heterocycles. The van der Waals surface area contributed by atoms with Crippen molar-refractivity contribution in [2.45, 2.75) is 77.1 Å². The lowest BCUT2D eigenvalue weighted by molar-refractivity contribution is 0.143. The van der Waals surface area contributed by atoms with Crippen LogP contribution in [0.5, 0.6) is 0 Å². The Morgan fingerprint density at radius 3 is 2.50 bits per heavy atom. The van der Waals surface area contributed by atoms with Gasteiger partial charge < -0.3 is 15.7 Å². The number of hydrogen-bond acceptors (Lipinski definition) is 6. The predicted molar refractivity (Wildman–Crippen MR) is 116 cm³/mol. The van der Waals surface area contributed by atoms with E-state index in [9.17, 15) is 5.11 Å². The summed E-state index contributed by atoms with van der Waals surface area (Å²) >= 11 is 1.57. The van der Waals surface area contributed by atoms with Crippen molar-refractivity contribution in [3.63, 3.8) is 0 Å². The van der Waals surface area contributed by atoms with Gasteiger partial charge >= 0.3 is 0 Å². The molecule has 28 heavy (non-hydrogen) atoms. The Kier molecular flexibility index (Phi) is 5.55. The smallest absolute Gasteiger partial charge is 0.223 e. The minimum atomic E-state index is -0.993. The molecule has 0 aromatic carbocycles. The summed E-state index contributed by atoms with van der Waals surface area (Å²) in [5.41, 5.74) is 0.0239. The van der Waals surface area contributed by atoms with E-state index in [1.54, 1.807) is 31.4 Å².